The standard InChI is InChI=1S/C11H8BrCl2N3O/c1-5-2-6(12)8(3-7(5)13)17-10-9(14)11(18)16-4-15-10/h2-4H,1H3,(H2,15,16,17,18). The highest BCUT2D eigenvalue weighted by atomic mass is 79.9. The van der Waals surface area contributed by atoms with Crippen LogP contribution in [-0.2, 0) is 0 Å². The van der Waals surface area contributed by atoms with Gasteiger partial charge in [0.05, 0.1) is 12.0 Å². The van der Waals surface area contributed by atoms with Crippen LogP contribution >= 0.6 is 39.1 Å². The molecule has 0 bridgehead atoms. The Labute approximate surface area is 121 Å². The molecule has 0 saturated heterocycles. The van der Waals surface area contributed by atoms with Crippen molar-refractivity contribution >= 4 is 50.6 Å². The fourth-order valence-corrected chi connectivity index (χ4v) is 2.21. The number of aromatic amines is 1. The minimum atomic E-state index is -0.400. The maximum atomic E-state index is 11.3. The molecule has 94 valence electrons. The van der Waals surface area contributed by atoms with Gasteiger partial charge in [0.2, 0.25) is 0 Å². The van der Waals surface area contributed by atoms with Gasteiger partial charge >= 0.3 is 0 Å². The molecule has 0 aliphatic rings. The second kappa shape index (κ2) is 5.30. The van der Waals surface area contributed by atoms with E-state index in [2.05, 4.69) is 31.2 Å². The van der Waals surface area contributed by atoms with E-state index in [1.54, 1.807) is 6.07 Å². The van der Waals surface area contributed by atoms with Crippen LogP contribution in [0.25, 0.3) is 0 Å². The summed E-state index contributed by atoms with van der Waals surface area (Å²) in [6.07, 6.45) is 1.28. The largest absolute Gasteiger partial charge is 0.338 e. The maximum Gasteiger partial charge on any atom is 0.271 e. The topological polar surface area (TPSA) is 57.8 Å². The lowest BCUT2D eigenvalue weighted by Gasteiger charge is -2.10. The summed E-state index contributed by atoms with van der Waals surface area (Å²) >= 11 is 15.3. The van der Waals surface area contributed by atoms with Gasteiger partial charge in [-0.2, -0.15) is 0 Å². The summed E-state index contributed by atoms with van der Waals surface area (Å²) in [5.74, 6) is 0.279. The molecule has 0 amide bonds. The molecule has 18 heavy (non-hydrogen) atoms. The third kappa shape index (κ3) is 2.68. The number of aromatic nitrogens is 2. The molecule has 0 saturated carbocycles. The predicted octanol–water partition coefficient (Wildman–Crippen LogP) is 3.89. The quantitative estimate of drug-likeness (QED) is 0.865. The number of H-pyrrole nitrogens is 1. The fraction of sp³-hybridized carbons (Fsp3) is 0.0909. The number of hydrogen-bond acceptors (Lipinski definition) is 3. The van der Waals surface area contributed by atoms with Gasteiger partial charge in [-0.25, -0.2) is 4.98 Å². The van der Waals surface area contributed by atoms with Crippen molar-refractivity contribution in [3.05, 3.63) is 48.9 Å². The zero-order valence-electron chi connectivity index (χ0n) is 9.22. The van der Waals surface area contributed by atoms with Gasteiger partial charge < -0.3 is 10.3 Å². The smallest absolute Gasteiger partial charge is 0.271 e. The van der Waals surface area contributed by atoms with Gasteiger partial charge in [0.1, 0.15) is 5.02 Å². The number of anilines is 2. The summed E-state index contributed by atoms with van der Waals surface area (Å²) in [6.45, 7) is 1.90. The molecule has 2 N–H and O–H groups in total. The molecule has 0 aliphatic heterocycles. The van der Waals surface area contributed by atoms with E-state index in [0.29, 0.717) is 10.7 Å². The SMILES string of the molecule is Cc1cc(Br)c(Nc2nc[nH]c(=O)c2Cl)cc1Cl. The van der Waals surface area contributed by atoms with Crippen molar-refractivity contribution in [1.29, 1.82) is 0 Å². The Bertz CT molecular complexity index is 657. The minimum absolute atomic E-state index is 0.00102. The lowest BCUT2D eigenvalue weighted by atomic mass is 10.2. The molecule has 0 unspecified atom stereocenters. The summed E-state index contributed by atoms with van der Waals surface area (Å²) in [4.78, 5) is 17.7. The second-order valence-electron chi connectivity index (χ2n) is 3.60. The molecule has 2 aromatic rings. The summed E-state index contributed by atoms with van der Waals surface area (Å²) < 4.78 is 0.808. The van der Waals surface area contributed by atoms with Gasteiger partial charge in [0.25, 0.3) is 5.56 Å². The third-order valence-corrected chi connectivity index (χ3v) is 3.71. The molecular weight excluding hydrogens is 341 g/mol. The van der Waals surface area contributed by atoms with Crippen LogP contribution in [0, 0.1) is 6.92 Å². The summed E-state index contributed by atoms with van der Waals surface area (Å²) in [7, 11) is 0. The van der Waals surface area contributed by atoms with E-state index >= 15 is 0 Å². The lowest BCUT2D eigenvalue weighted by Crippen LogP contribution is -2.09. The maximum absolute atomic E-state index is 11.3. The first-order chi connectivity index (χ1) is 8.49. The zero-order valence-corrected chi connectivity index (χ0v) is 12.3. The Kier molecular flexibility index (Phi) is 3.94. The minimum Gasteiger partial charge on any atom is -0.338 e. The average molecular weight is 349 g/mol. The van der Waals surface area contributed by atoms with Crippen molar-refractivity contribution in [2.75, 3.05) is 5.32 Å². The highest BCUT2D eigenvalue weighted by Gasteiger charge is 2.09. The Morgan fingerprint density at radius 1 is 1.39 bits per heavy atom. The van der Waals surface area contributed by atoms with E-state index in [9.17, 15) is 4.79 Å². The first kappa shape index (κ1) is 13.4. The Hall–Kier alpha value is -1.04. The molecule has 0 fully saturated rings. The number of nitrogens with one attached hydrogen (secondary N) is 2. The van der Waals surface area contributed by atoms with Crippen LogP contribution in [0.2, 0.25) is 10.0 Å². The van der Waals surface area contributed by atoms with Crippen LogP contribution in [0.15, 0.2) is 27.7 Å². The van der Waals surface area contributed by atoms with Gasteiger partial charge in [0.15, 0.2) is 5.82 Å². The second-order valence-corrected chi connectivity index (χ2v) is 5.24. The molecule has 1 heterocycles. The van der Waals surface area contributed by atoms with Crippen LogP contribution in [0.3, 0.4) is 0 Å². The molecule has 0 aliphatic carbocycles. The van der Waals surface area contributed by atoms with Gasteiger partial charge in [-0.05, 0) is 40.5 Å². The molecule has 1 aromatic carbocycles. The monoisotopic (exact) mass is 347 g/mol. The molecule has 1 aromatic heterocycles. The van der Waals surface area contributed by atoms with Crippen LogP contribution < -0.4 is 10.9 Å². The molecule has 7 heteroatoms. The van der Waals surface area contributed by atoms with Crippen molar-refractivity contribution in [3.8, 4) is 0 Å². The highest BCUT2D eigenvalue weighted by molar-refractivity contribution is 9.10. The van der Waals surface area contributed by atoms with Gasteiger partial charge in [-0.3, -0.25) is 4.79 Å². The first-order valence-corrected chi connectivity index (χ1v) is 6.50. The van der Waals surface area contributed by atoms with Crippen molar-refractivity contribution in [2.45, 2.75) is 6.92 Å². The molecule has 4 nitrogen and oxygen atoms in total. The number of rotatable bonds is 2. The van der Waals surface area contributed by atoms with E-state index < -0.39 is 5.56 Å². The molecule has 0 spiro atoms. The van der Waals surface area contributed by atoms with Crippen molar-refractivity contribution in [1.82, 2.24) is 9.97 Å². The van der Waals surface area contributed by atoms with E-state index in [-0.39, 0.29) is 10.8 Å². The Balaban J connectivity index is 2.43. The average Bonchev–Trinajstić information content (AvgIpc) is 2.32. The fourth-order valence-electron chi connectivity index (χ4n) is 1.34. The van der Waals surface area contributed by atoms with Crippen LogP contribution in [-0.4, -0.2) is 9.97 Å². The van der Waals surface area contributed by atoms with Gasteiger partial charge in [0, 0.05) is 9.50 Å². The van der Waals surface area contributed by atoms with Gasteiger partial charge in [-0.15, -0.1) is 0 Å². The van der Waals surface area contributed by atoms with Crippen molar-refractivity contribution in [3.63, 3.8) is 0 Å². The molecule has 2 rings (SSSR count). The van der Waals surface area contributed by atoms with E-state index in [1.165, 1.54) is 6.33 Å². The van der Waals surface area contributed by atoms with E-state index in [1.807, 2.05) is 13.0 Å². The van der Waals surface area contributed by atoms with Crippen molar-refractivity contribution in [2.24, 2.45) is 0 Å². The van der Waals surface area contributed by atoms with Crippen LogP contribution in [0.4, 0.5) is 11.5 Å². The summed E-state index contributed by atoms with van der Waals surface area (Å²) in [5, 5.41) is 3.57. The normalized spacial score (nSPS) is 10.4. The molecule has 0 atom stereocenters. The number of nitrogens with zero attached hydrogens (tertiary/aromatic N) is 1. The van der Waals surface area contributed by atoms with Crippen LogP contribution in [0.5, 0.6) is 0 Å². The van der Waals surface area contributed by atoms with Gasteiger partial charge in [-0.1, -0.05) is 23.2 Å². The number of aryl methyl sites for hydroxylation is 1. The Morgan fingerprint density at radius 3 is 2.83 bits per heavy atom. The number of benzene rings is 1. The van der Waals surface area contributed by atoms with Crippen LogP contribution in [0.1, 0.15) is 5.56 Å². The predicted molar refractivity (Wildman–Crippen MR) is 77.0 cm³/mol. The number of halogens is 3. The Morgan fingerprint density at radius 2 is 2.11 bits per heavy atom. The van der Waals surface area contributed by atoms with E-state index in [4.69, 9.17) is 23.2 Å². The van der Waals surface area contributed by atoms with E-state index in [0.717, 1.165) is 10.0 Å². The zero-order chi connectivity index (χ0) is 13.3. The molecular formula is C11H8BrCl2N3O. The first-order valence-electron chi connectivity index (χ1n) is 4.95. The summed E-state index contributed by atoms with van der Waals surface area (Å²) in [5.41, 5.74) is 1.23. The van der Waals surface area contributed by atoms with Crippen molar-refractivity contribution < 1.29 is 0 Å². The summed E-state index contributed by atoms with van der Waals surface area (Å²) in [6, 6.07) is 3.60. The highest BCUT2D eigenvalue weighted by Crippen LogP contribution is 2.31. The lowest BCUT2D eigenvalue weighted by molar-refractivity contribution is 1.12. The number of hydrogen-bond donors (Lipinski definition) is 2. The third-order valence-electron chi connectivity index (χ3n) is 2.30. The molecule has 0 radical (unpaired) electrons.